The summed E-state index contributed by atoms with van der Waals surface area (Å²) < 4.78 is 15.5. The van der Waals surface area contributed by atoms with Gasteiger partial charge in [0.1, 0.15) is 17.5 Å². The van der Waals surface area contributed by atoms with E-state index >= 15 is 0 Å². The Kier molecular flexibility index (Phi) is 3.67. The normalized spacial score (nSPS) is 11.7. The van der Waals surface area contributed by atoms with Crippen LogP contribution in [0.1, 0.15) is 31.1 Å². The fourth-order valence-electron chi connectivity index (χ4n) is 2.26. The van der Waals surface area contributed by atoms with Crippen LogP contribution in [0.4, 0.5) is 4.39 Å². The van der Waals surface area contributed by atoms with Crippen molar-refractivity contribution in [2.75, 3.05) is 5.43 Å². The average Bonchev–Trinajstić information content (AvgIpc) is 2.95. The van der Waals surface area contributed by atoms with Crippen molar-refractivity contribution in [2.45, 2.75) is 26.3 Å². The number of carbonyl (C=O) groups is 1. The summed E-state index contributed by atoms with van der Waals surface area (Å²) in [4.78, 5) is 28.8. The van der Waals surface area contributed by atoms with Crippen molar-refractivity contribution >= 4 is 16.9 Å². The average molecular weight is 329 g/mol. The lowest BCUT2D eigenvalue weighted by atomic mass is 10.1. The summed E-state index contributed by atoms with van der Waals surface area (Å²) >= 11 is 0. The number of amides is 1. The van der Waals surface area contributed by atoms with E-state index in [-0.39, 0.29) is 11.1 Å². The zero-order valence-corrected chi connectivity index (χ0v) is 13.4. The van der Waals surface area contributed by atoms with Crippen LogP contribution in [0.3, 0.4) is 0 Å². The molecular formula is C16H16FN5O2. The van der Waals surface area contributed by atoms with Gasteiger partial charge in [-0.05, 0) is 45.0 Å². The van der Waals surface area contributed by atoms with Crippen LogP contribution < -0.4 is 11.0 Å². The molecule has 0 bridgehead atoms. The number of fused-ring (bicyclic) bond motifs is 1. The number of carbonyl (C=O) groups excluding carboxylic acids is 1. The van der Waals surface area contributed by atoms with E-state index < -0.39 is 17.3 Å². The number of nitrogens with one attached hydrogen (secondary N) is 1. The van der Waals surface area contributed by atoms with Crippen molar-refractivity contribution < 1.29 is 9.18 Å². The number of hydrogen-bond donors (Lipinski definition) is 1. The third-order valence-electron chi connectivity index (χ3n) is 3.45. The Bertz CT molecular complexity index is 967. The first-order valence-electron chi connectivity index (χ1n) is 7.30. The zero-order valence-electron chi connectivity index (χ0n) is 13.4. The Balaban J connectivity index is 1.96. The van der Waals surface area contributed by atoms with E-state index in [1.807, 2.05) is 20.8 Å². The summed E-state index contributed by atoms with van der Waals surface area (Å²) in [6, 6.07) is 5.01. The smallest absolute Gasteiger partial charge is 0.267 e. The predicted molar refractivity (Wildman–Crippen MR) is 86.9 cm³/mol. The van der Waals surface area contributed by atoms with Crippen LogP contribution in [-0.2, 0) is 5.54 Å². The lowest BCUT2D eigenvalue weighted by Crippen LogP contribution is -2.33. The Labute approximate surface area is 136 Å². The van der Waals surface area contributed by atoms with Gasteiger partial charge >= 0.3 is 0 Å². The van der Waals surface area contributed by atoms with E-state index in [0.29, 0.717) is 11.0 Å². The highest BCUT2D eigenvalue weighted by atomic mass is 19.1. The van der Waals surface area contributed by atoms with Gasteiger partial charge in [0.05, 0.1) is 11.7 Å². The monoisotopic (exact) mass is 329 g/mol. The molecule has 0 unspecified atom stereocenters. The topological polar surface area (TPSA) is 81.8 Å². The summed E-state index contributed by atoms with van der Waals surface area (Å²) in [6.07, 6.45) is 2.66. The van der Waals surface area contributed by atoms with Crippen LogP contribution in [0.25, 0.3) is 11.0 Å². The molecule has 2 aromatic heterocycles. The molecule has 0 radical (unpaired) electrons. The molecule has 2 heterocycles. The van der Waals surface area contributed by atoms with Crippen molar-refractivity contribution in [2.24, 2.45) is 0 Å². The third kappa shape index (κ3) is 2.78. The first-order valence-corrected chi connectivity index (χ1v) is 7.30. The van der Waals surface area contributed by atoms with E-state index in [9.17, 15) is 14.0 Å². The molecule has 0 fully saturated rings. The fourth-order valence-corrected chi connectivity index (χ4v) is 2.26. The minimum absolute atomic E-state index is 0.230. The maximum atomic E-state index is 12.9. The van der Waals surface area contributed by atoms with E-state index in [1.165, 1.54) is 36.8 Å². The molecule has 1 amide bonds. The Morgan fingerprint density at radius 3 is 2.50 bits per heavy atom. The molecule has 0 aliphatic rings. The fraction of sp³-hybridized carbons (Fsp3) is 0.250. The van der Waals surface area contributed by atoms with Gasteiger partial charge in [0.15, 0.2) is 5.65 Å². The van der Waals surface area contributed by atoms with Gasteiger partial charge in [-0.2, -0.15) is 5.10 Å². The number of nitrogens with zero attached hydrogens (tertiary/aromatic N) is 4. The lowest BCUT2D eigenvalue weighted by molar-refractivity contribution is 0.101. The van der Waals surface area contributed by atoms with Crippen molar-refractivity contribution in [1.29, 1.82) is 0 Å². The highest BCUT2D eigenvalue weighted by molar-refractivity contribution is 5.99. The molecule has 7 nitrogen and oxygen atoms in total. The van der Waals surface area contributed by atoms with Gasteiger partial charge in [-0.25, -0.2) is 18.7 Å². The van der Waals surface area contributed by atoms with Gasteiger partial charge in [-0.1, -0.05) is 0 Å². The molecule has 0 atom stereocenters. The molecule has 8 heteroatoms. The van der Waals surface area contributed by atoms with Crippen molar-refractivity contribution in [1.82, 2.24) is 19.4 Å². The Morgan fingerprint density at radius 1 is 1.21 bits per heavy atom. The van der Waals surface area contributed by atoms with Gasteiger partial charge in [-0.3, -0.25) is 15.0 Å². The highest BCUT2D eigenvalue weighted by Gasteiger charge is 2.20. The highest BCUT2D eigenvalue weighted by Crippen LogP contribution is 2.17. The van der Waals surface area contributed by atoms with Gasteiger partial charge in [-0.15, -0.1) is 0 Å². The van der Waals surface area contributed by atoms with Crippen molar-refractivity contribution in [3.63, 3.8) is 0 Å². The summed E-state index contributed by atoms with van der Waals surface area (Å²) in [5, 5.41) is 4.50. The SMILES string of the molecule is CC(C)(C)n1ncc2c(=O)n(NC(=O)c3ccc(F)cc3)cnc21. The first kappa shape index (κ1) is 15.9. The molecule has 24 heavy (non-hydrogen) atoms. The number of benzene rings is 1. The predicted octanol–water partition coefficient (Wildman–Crippen LogP) is 1.87. The molecule has 124 valence electrons. The van der Waals surface area contributed by atoms with Crippen LogP contribution in [0.2, 0.25) is 0 Å². The van der Waals surface area contributed by atoms with E-state index in [4.69, 9.17) is 0 Å². The Hall–Kier alpha value is -3.03. The molecule has 0 saturated carbocycles. The summed E-state index contributed by atoms with van der Waals surface area (Å²) in [7, 11) is 0. The van der Waals surface area contributed by atoms with Crippen LogP contribution >= 0.6 is 0 Å². The van der Waals surface area contributed by atoms with E-state index in [0.717, 1.165) is 4.68 Å². The lowest BCUT2D eigenvalue weighted by Gasteiger charge is -2.19. The molecule has 0 spiro atoms. The molecule has 3 rings (SSSR count). The number of aromatic nitrogens is 4. The first-order chi connectivity index (χ1) is 11.3. The molecule has 3 aromatic rings. The molecular weight excluding hydrogens is 313 g/mol. The minimum Gasteiger partial charge on any atom is -0.267 e. The van der Waals surface area contributed by atoms with Gasteiger partial charge in [0.25, 0.3) is 11.5 Å². The van der Waals surface area contributed by atoms with E-state index in [1.54, 1.807) is 4.68 Å². The van der Waals surface area contributed by atoms with Crippen molar-refractivity contribution in [3.05, 3.63) is 58.5 Å². The van der Waals surface area contributed by atoms with Crippen LogP contribution in [0.5, 0.6) is 0 Å². The van der Waals surface area contributed by atoms with Crippen LogP contribution in [0.15, 0.2) is 41.6 Å². The maximum Gasteiger partial charge on any atom is 0.283 e. The van der Waals surface area contributed by atoms with Gasteiger partial charge in [0, 0.05) is 5.56 Å². The van der Waals surface area contributed by atoms with Gasteiger partial charge < -0.3 is 0 Å². The second kappa shape index (κ2) is 5.55. The second-order valence-electron chi connectivity index (χ2n) is 6.33. The maximum absolute atomic E-state index is 12.9. The summed E-state index contributed by atoms with van der Waals surface area (Å²) in [6.45, 7) is 5.84. The standard InChI is InChI=1S/C16H16FN5O2/c1-16(2,3)22-13-12(8-19-22)15(24)21(9-18-13)20-14(23)10-4-6-11(17)7-5-10/h4-9H,1-3H3,(H,20,23). The molecule has 0 aliphatic heterocycles. The second-order valence-corrected chi connectivity index (χ2v) is 6.33. The molecule has 1 N–H and O–H groups in total. The molecule has 1 aromatic carbocycles. The zero-order chi connectivity index (χ0) is 17.5. The van der Waals surface area contributed by atoms with Crippen molar-refractivity contribution in [3.8, 4) is 0 Å². The third-order valence-corrected chi connectivity index (χ3v) is 3.45. The largest absolute Gasteiger partial charge is 0.283 e. The number of halogens is 1. The molecule has 0 saturated heterocycles. The summed E-state index contributed by atoms with van der Waals surface area (Å²) in [5.74, 6) is -0.983. The van der Waals surface area contributed by atoms with E-state index in [2.05, 4.69) is 15.5 Å². The summed E-state index contributed by atoms with van der Waals surface area (Å²) in [5.41, 5.74) is 2.34. The molecule has 0 aliphatic carbocycles. The number of hydrogen-bond acceptors (Lipinski definition) is 4. The van der Waals surface area contributed by atoms with Gasteiger partial charge in [0.2, 0.25) is 0 Å². The Morgan fingerprint density at radius 2 is 1.88 bits per heavy atom. The van der Waals surface area contributed by atoms with Crippen LogP contribution in [-0.4, -0.2) is 25.3 Å². The quantitative estimate of drug-likeness (QED) is 0.778. The number of rotatable bonds is 2. The minimum atomic E-state index is -0.540. The van der Waals surface area contributed by atoms with Crippen LogP contribution in [0, 0.1) is 5.82 Å².